The zero-order valence-electron chi connectivity index (χ0n) is 12.9. The first-order valence-electron chi connectivity index (χ1n) is 7.44. The van der Waals surface area contributed by atoms with Crippen molar-refractivity contribution >= 4 is 22.5 Å². The van der Waals surface area contributed by atoms with Gasteiger partial charge in [0, 0.05) is 24.1 Å². The summed E-state index contributed by atoms with van der Waals surface area (Å²) in [5, 5.41) is 5.10. The molecule has 114 valence electrons. The Labute approximate surface area is 131 Å². The number of nitrogens with one attached hydrogen (secondary N) is 1. The summed E-state index contributed by atoms with van der Waals surface area (Å²) in [6.45, 7) is 8.59. The first-order chi connectivity index (χ1) is 10.1. The van der Waals surface area contributed by atoms with Gasteiger partial charge in [-0.25, -0.2) is 4.98 Å². The second kappa shape index (κ2) is 7.74. The molecule has 1 N–H and O–H groups in total. The molecule has 0 radical (unpaired) electrons. The Kier molecular flexibility index (Phi) is 5.97. The van der Waals surface area contributed by atoms with Gasteiger partial charge in [0.1, 0.15) is 5.15 Å². The number of benzene rings is 1. The van der Waals surface area contributed by atoms with Crippen molar-refractivity contribution in [3.63, 3.8) is 0 Å². The number of fused-ring (bicyclic) bond motifs is 1. The van der Waals surface area contributed by atoms with E-state index < -0.39 is 0 Å². The molecule has 2 rings (SSSR count). The largest absolute Gasteiger partial charge is 0.379 e. The Morgan fingerprint density at radius 2 is 2.10 bits per heavy atom. The van der Waals surface area contributed by atoms with Crippen molar-refractivity contribution in [2.45, 2.75) is 39.8 Å². The number of aromatic nitrogens is 1. The molecule has 21 heavy (non-hydrogen) atoms. The van der Waals surface area contributed by atoms with E-state index in [-0.39, 0.29) is 0 Å². The van der Waals surface area contributed by atoms with E-state index >= 15 is 0 Å². The third-order valence-electron chi connectivity index (χ3n) is 3.26. The molecule has 3 nitrogen and oxygen atoms in total. The van der Waals surface area contributed by atoms with Crippen LogP contribution in [-0.4, -0.2) is 24.2 Å². The summed E-state index contributed by atoms with van der Waals surface area (Å²) in [4.78, 5) is 4.48. The van der Waals surface area contributed by atoms with Crippen molar-refractivity contribution in [1.82, 2.24) is 10.3 Å². The molecule has 0 aliphatic rings. The third kappa shape index (κ3) is 4.95. The smallest absolute Gasteiger partial charge is 0.134 e. The summed E-state index contributed by atoms with van der Waals surface area (Å²) in [6, 6.07) is 8.36. The van der Waals surface area contributed by atoms with E-state index in [1.807, 2.05) is 0 Å². The van der Waals surface area contributed by atoms with E-state index in [1.54, 1.807) is 0 Å². The van der Waals surface area contributed by atoms with Gasteiger partial charge >= 0.3 is 0 Å². The van der Waals surface area contributed by atoms with Crippen molar-refractivity contribution in [2.75, 3.05) is 13.2 Å². The van der Waals surface area contributed by atoms with Gasteiger partial charge in [-0.2, -0.15) is 0 Å². The highest BCUT2D eigenvalue weighted by molar-refractivity contribution is 6.30. The molecule has 1 aromatic heterocycles. The highest BCUT2D eigenvalue weighted by atomic mass is 35.5. The average molecular weight is 307 g/mol. The Morgan fingerprint density at radius 3 is 2.86 bits per heavy atom. The van der Waals surface area contributed by atoms with Crippen LogP contribution in [0.1, 0.15) is 31.4 Å². The highest BCUT2D eigenvalue weighted by Crippen LogP contribution is 2.21. The van der Waals surface area contributed by atoms with Crippen LogP contribution >= 0.6 is 11.6 Å². The molecule has 0 bridgehead atoms. The van der Waals surface area contributed by atoms with Gasteiger partial charge < -0.3 is 10.1 Å². The Morgan fingerprint density at radius 1 is 1.29 bits per heavy atom. The fourth-order valence-electron chi connectivity index (χ4n) is 2.16. The van der Waals surface area contributed by atoms with Crippen molar-refractivity contribution < 1.29 is 4.74 Å². The molecule has 2 aromatic rings. The van der Waals surface area contributed by atoms with E-state index in [9.17, 15) is 0 Å². The maximum atomic E-state index is 6.26. The van der Waals surface area contributed by atoms with Crippen LogP contribution in [-0.2, 0) is 11.3 Å². The number of hydrogen-bond donors (Lipinski definition) is 1. The zero-order valence-corrected chi connectivity index (χ0v) is 13.7. The highest BCUT2D eigenvalue weighted by Gasteiger charge is 2.05. The van der Waals surface area contributed by atoms with Crippen LogP contribution in [0.3, 0.4) is 0 Å². The fourth-order valence-corrected chi connectivity index (χ4v) is 2.37. The normalized spacial score (nSPS) is 11.5. The maximum absolute atomic E-state index is 6.26. The van der Waals surface area contributed by atoms with Crippen LogP contribution in [0.25, 0.3) is 10.9 Å². The van der Waals surface area contributed by atoms with Crippen molar-refractivity contribution in [1.29, 1.82) is 0 Å². The average Bonchev–Trinajstić information content (AvgIpc) is 2.42. The van der Waals surface area contributed by atoms with Gasteiger partial charge in [0.25, 0.3) is 0 Å². The lowest BCUT2D eigenvalue weighted by molar-refractivity contribution is 0.0770. The Balaban J connectivity index is 1.90. The Hall–Kier alpha value is -1.16. The lowest BCUT2D eigenvalue weighted by Crippen LogP contribution is -2.17. The molecular weight excluding hydrogens is 284 g/mol. The van der Waals surface area contributed by atoms with Crippen molar-refractivity contribution in [3.05, 3.63) is 40.5 Å². The Bertz CT molecular complexity index is 599. The van der Waals surface area contributed by atoms with Gasteiger partial charge in [-0.15, -0.1) is 0 Å². The first-order valence-corrected chi connectivity index (χ1v) is 7.82. The maximum Gasteiger partial charge on any atom is 0.134 e. The second-order valence-corrected chi connectivity index (χ2v) is 5.94. The molecule has 0 fully saturated rings. The number of hydrogen-bond acceptors (Lipinski definition) is 3. The van der Waals surface area contributed by atoms with Crippen LogP contribution in [0.5, 0.6) is 0 Å². The SMILES string of the molecule is Cc1ccc2cc(CNCCCOC(C)C)c(Cl)nc2c1. The molecule has 0 amide bonds. The number of ether oxygens (including phenoxy) is 1. The van der Waals surface area contributed by atoms with Gasteiger partial charge in [-0.1, -0.05) is 23.7 Å². The molecule has 1 aromatic carbocycles. The molecule has 0 spiro atoms. The molecule has 0 aliphatic heterocycles. The monoisotopic (exact) mass is 306 g/mol. The van der Waals surface area contributed by atoms with Crippen molar-refractivity contribution in [2.24, 2.45) is 0 Å². The summed E-state index contributed by atoms with van der Waals surface area (Å²) in [6.07, 6.45) is 1.29. The lowest BCUT2D eigenvalue weighted by atomic mass is 10.1. The van der Waals surface area contributed by atoms with Gasteiger partial charge in [0.15, 0.2) is 0 Å². The van der Waals surface area contributed by atoms with Crippen LogP contribution in [0.15, 0.2) is 24.3 Å². The van der Waals surface area contributed by atoms with Crippen LogP contribution in [0.2, 0.25) is 5.15 Å². The zero-order chi connectivity index (χ0) is 15.2. The fraction of sp³-hybridized carbons (Fsp3) is 0.471. The summed E-state index contributed by atoms with van der Waals surface area (Å²) >= 11 is 6.26. The molecule has 4 heteroatoms. The summed E-state index contributed by atoms with van der Waals surface area (Å²) in [5.41, 5.74) is 3.19. The lowest BCUT2D eigenvalue weighted by Gasteiger charge is -2.10. The van der Waals surface area contributed by atoms with E-state index in [0.29, 0.717) is 11.3 Å². The van der Waals surface area contributed by atoms with Crippen molar-refractivity contribution in [3.8, 4) is 0 Å². The number of aryl methyl sites for hydroxylation is 1. The van der Waals surface area contributed by atoms with Crippen LogP contribution < -0.4 is 5.32 Å². The molecule has 1 heterocycles. The van der Waals surface area contributed by atoms with Gasteiger partial charge in [0.05, 0.1) is 11.6 Å². The van der Waals surface area contributed by atoms with E-state index in [0.717, 1.165) is 42.6 Å². The summed E-state index contributed by atoms with van der Waals surface area (Å²) in [7, 11) is 0. The minimum atomic E-state index is 0.299. The molecule has 0 aliphatic carbocycles. The minimum absolute atomic E-state index is 0.299. The number of rotatable bonds is 7. The predicted molar refractivity (Wildman–Crippen MR) is 88.9 cm³/mol. The molecule has 0 atom stereocenters. The minimum Gasteiger partial charge on any atom is -0.379 e. The van der Waals surface area contributed by atoms with E-state index in [2.05, 4.69) is 55.3 Å². The molecule has 0 saturated carbocycles. The molecule has 0 saturated heterocycles. The number of nitrogens with zero attached hydrogens (tertiary/aromatic N) is 1. The van der Waals surface area contributed by atoms with Gasteiger partial charge in [0.2, 0.25) is 0 Å². The van der Waals surface area contributed by atoms with Gasteiger partial charge in [-0.3, -0.25) is 0 Å². The topological polar surface area (TPSA) is 34.1 Å². The van der Waals surface area contributed by atoms with Gasteiger partial charge in [-0.05, 0) is 51.4 Å². The van der Waals surface area contributed by atoms with Crippen LogP contribution in [0.4, 0.5) is 0 Å². The molecule has 0 unspecified atom stereocenters. The predicted octanol–water partition coefficient (Wildman–Crippen LogP) is 4.10. The number of pyridine rings is 1. The number of halogens is 1. The first kappa shape index (κ1) is 16.2. The van der Waals surface area contributed by atoms with E-state index in [4.69, 9.17) is 16.3 Å². The van der Waals surface area contributed by atoms with E-state index in [1.165, 1.54) is 5.56 Å². The quantitative estimate of drug-likeness (QED) is 0.617. The van der Waals surface area contributed by atoms with Crippen LogP contribution in [0, 0.1) is 6.92 Å². The molecular formula is C17H23ClN2O. The summed E-state index contributed by atoms with van der Waals surface area (Å²) < 4.78 is 5.51. The second-order valence-electron chi connectivity index (χ2n) is 5.58. The standard InChI is InChI=1S/C17H23ClN2O/c1-12(2)21-8-4-7-19-11-15-10-14-6-5-13(3)9-16(14)20-17(15)18/h5-6,9-10,12,19H,4,7-8,11H2,1-3H3. The summed E-state index contributed by atoms with van der Waals surface area (Å²) in [5.74, 6) is 0. The third-order valence-corrected chi connectivity index (χ3v) is 3.59.